The Labute approximate surface area is 128 Å². The molecule has 21 heavy (non-hydrogen) atoms. The van der Waals surface area contributed by atoms with E-state index in [0.717, 1.165) is 25.7 Å². The second-order valence-corrected chi connectivity index (χ2v) is 6.19. The fraction of sp³-hybridized carbons (Fsp3) is 0.875. The number of aliphatic hydroxyl groups is 1. The van der Waals surface area contributed by atoms with Gasteiger partial charge in [-0.05, 0) is 25.7 Å². The molecule has 1 aliphatic rings. The van der Waals surface area contributed by atoms with Gasteiger partial charge in [0, 0.05) is 20.1 Å². The van der Waals surface area contributed by atoms with Crippen molar-refractivity contribution in [3.8, 4) is 0 Å². The highest BCUT2D eigenvalue weighted by molar-refractivity contribution is 5.81. The molecule has 0 radical (unpaired) electrons. The highest BCUT2D eigenvalue weighted by Crippen LogP contribution is 2.26. The van der Waals surface area contributed by atoms with Crippen LogP contribution in [0.5, 0.6) is 0 Å². The van der Waals surface area contributed by atoms with Gasteiger partial charge >= 0.3 is 0 Å². The Bertz CT molecular complexity index is 351. The maximum atomic E-state index is 12.5. The van der Waals surface area contributed by atoms with E-state index < -0.39 is 5.60 Å². The molecule has 1 unspecified atom stereocenters. The van der Waals surface area contributed by atoms with Gasteiger partial charge in [-0.1, -0.05) is 26.7 Å². The summed E-state index contributed by atoms with van der Waals surface area (Å²) in [5.41, 5.74) is -0.888. The minimum absolute atomic E-state index is 0.00452. The fourth-order valence-corrected chi connectivity index (χ4v) is 3.25. The number of hydrogen-bond acceptors (Lipinski definition) is 3. The molecule has 122 valence electrons. The third-order valence-electron chi connectivity index (χ3n) is 4.30. The highest BCUT2D eigenvalue weighted by Gasteiger charge is 2.33. The zero-order chi connectivity index (χ0) is 15.9. The van der Waals surface area contributed by atoms with Gasteiger partial charge in [-0.25, -0.2) is 0 Å². The van der Waals surface area contributed by atoms with Crippen LogP contribution in [0.4, 0.5) is 0 Å². The molecule has 1 heterocycles. The zero-order valence-electron chi connectivity index (χ0n) is 13.7. The van der Waals surface area contributed by atoms with Crippen LogP contribution < -0.4 is 5.32 Å². The summed E-state index contributed by atoms with van der Waals surface area (Å²) in [6.07, 6.45) is 4.89. The van der Waals surface area contributed by atoms with Crippen molar-refractivity contribution in [2.45, 2.75) is 64.4 Å². The van der Waals surface area contributed by atoms with Crippen molar-refractivity contribution in [1.82, 2.24) is 10.2 Å². The molecule has 0 aliphatic carbocycles. The molecule has 2 N–H and O–H groups in total. The molecule has 0 aromatic carbocycles. The predicted molar refractivity (Wildman–Crippen MR) is 82.8 cm³/mol. The van der Waals surface area contributed by atoms with Gasteiger partial charge in [-0.2, -0.15) is 0 Å². The van der Waals surface area contributed by atoms with Crippen LogP contribution in [0.3, 0.4) is 0 Å². The first-order valence-corrected chi connectivity index (χ1v) is 8.17. The largest absolute Gasteiger partial charge is 0.389 e. The van der Waals surface area contributed by atoms with Crippen molar-refractivity contribution < 1.29 is 14.7 Å². The minimum atomic E-state index is -0.888. The Balaban J connectivity index is 2.62. The number of nitrogens with one attached hydrogen (secondary N) is 1. The molecule has 2 amide bonds. The standard InChI is InChI=1S/C16H30N2O3/c1-4-8-16(21,9-5-2)11-14(19)18-10-6-7-13(12-18)15(20)17-3/h13,21H,4-12H2,1-3H3,(H,17,20). The lowest BCUT2D eigenvalue weighted by atomic mass is 9.88. The topological polar surface area (TPSA) is 69.6 Å². The number of piperidine rings is 1. The molecular weight excluding hydrogens is 268 g/mol. The maximum Gasteiger partial charge on any atom is 0.225 e. The quantitative estimate of drug-likeness (QED) is 0.751. The lowest BCUT2D eigenvalue weighted by molar-refractivity contribution is -0.140. The Hall–Kier alpha value is -1.10. The molecule has 1 rings (SSSR count). The van der Waals surface area contributed by atoms with Crippen LogP contribution >= 0.6 is 0 Å². The SMILES string of the molecule is CCCC(O)(CCC)CC(=O)N1CCCC(C(=O)NC)C1. The minimum Gasteiger partial charge on any atom is -0.389 e. The van der Waals surface area contributed by atoms with Crippen LogP contribution in [0.25, 0.3) is 0 Å². The summed E-state index contributed by atoms with van der Waals surface area (Å²) in [6, 6.07) is 0. The van der Waals surface area contributed by atoms with Crippen LogP contribution in [0, 0.1) is 5.92 Å². The van der Waals surface area contributed by atoms with Crippen molar-refractivity contribution in [2.24, 2.45) is 5.92 Å². The third kappa shape index (κ3) is 5.30. The number of carbonyl (C=O) groups excluding carboxylic acids is 2. The second-order valence-electron chi connectivity index (χ2n) is 6.19. The van der Waals surface area contributed by atoms with E-state index in [9.17, 15) is 14.7 Å². The van der Waals surface area contributed by atoms with Gasteiger partial charge in [0.15, 0.2) is 0 Å². The number of amides is 2. The van der Waals surface area contributed by atoms with Crippen LogP contribution in [0.1, 0.15) is 58.8 Å². The molecule has 5 nitrogen and oxygen atoms in total. The van der Waals surface area contributed by atoms with E-state index in [0.29, 0.717) is 25.9 Å². The number of carbonyl (C=O) groups is 2. The molecule has 1 aliphatic heterocycles. The summed E-state index contributed by atoms with van der Waals surface area (Å²) >= 11 is 0. The van der Waals surface area contributed by atoms with Gasteiger partial charge in [0.25, 0.3) is 0 Å². The molecule has 0 spiro atoms. The van der Waals surface area contributed by atoms with Crippen LogP contribution in [0.15, 0.2) is 0 Å². The summed E-state index contributed by atoms with van der Waals surface area (Å²) in [5, 5.41) is 13.3. The van der Waals surface area contributed by atoms with E-state index in [1.807, 2.05) is 13.8 Å². The summed E-state index contributed by atoms with van der Waals surface area (Å²) in [7, 11) is 1.63. The summed E-state index contributed by atoms with van der Waals surface area (Å²) in [4.78, 5) is 25.9. The Kier molecular flexibility index (Phi) is 7.15. The second kappa shape index (κ2) is 8.37. The lowest BCUT2D eigenvalue weighted by Crippen LogP contribution is -2.47. The molecule has 0 aromatic heterocycles. The van der Waals surface area contributed by atoms with E-state index in [2.05, 4.69) is 5.32 Å². The van der Waals surface area contributed by atoms with Gasteiger partial charge in [-0.15, -0.1) is 0 Å². The van der Waals surface area contributed by atoms with E-state index in [1.54, 1.807) is 11.9 Å². The monoisotopic (exact) mass is 298 g/mol. The first-order valence-electron chi connectivity index (χ1n) is 8.17. The average Bonchev–Trinajstić information content (AvgIpc) is 2.46. The van der Waals surface area contributed by atoms with Crippen molar-refractivity contribution in [3.63, 3.8) is 0 Å². The molecular formula is C16H30N2O3. The normalized spacial score (nSPS) is 19.4. The first kappa shape index (κ1) is 18.0. The molecule has 1 fully saturated rings. The van der Waals surface area contributed by atoms with Crippen molar-refractivity contribution in [1.29, 1.82) is 0 Å². The van der Waals surface area contributed by atoms with E-state index >= 15 is 0 Å². The van der Waals surface area contributed by atoms with Crippen LogP contribution in [-0.4, -0.2) is 47.6 Å². The summed E-state index contributed by atoms with van der Waals surface area (Å²) < 4.78 is 0. The van der Waals surface area contributed by atoms with Gasteiger partial charge in [0.1, 0.15) is 0 Å². The van der Waals surface area contributed by atoms with E-state index in [4.69, 9.17) is 0 Å². The molecule has 0 bridgehead atoms. The van der Waals surface area contributed by atoms with Crippen molar-refractivity contribution in [3.05, 3.63) is 0 Å². The van der Waals surface area contributed by atoms with Gasteiger partial charge in [0.05, 0.1) is 17.9 Å². The Morgan fingerprint density at radius 2 is 1.90 bits per heavy atom. The van der Waals surface area contributed by atoms with Gasteiger partial charge in [-0.3, -0.25) is 9.59 Å². The average molecular weight is 298 g/mol. The highest BCUT2D eigenvalue weighted by atomic mass is 16.3. The zero-order valence-corrected chi connectivity index (χ0v) is 13.7. The number of hydrogen-bond donors (Lipinski definition) is 2. The van der Waals surface area contributed by atoms with Crippen molar-refractivity contribution >= 4 is 11.8 Å². The van der Waals surface area contributed by atoms with E-state index in [-0.39, 0.29) is 24.2 Å². The first-order chi connectivity index (χ1) is 9.95. The van der Waals surface area contributed by atoms with Crippen LogP contribution in [-0.2, 0) is 9.59 Å². The number of rotatable bonds is 7. The van der Waals surface area contributed by atoms with Crippen molar-refractivity contribution in [2.75, 3.05) is 20.1 Å². The molecule has 0 saturated carbocycles. The van der Waals surface area contributed by atoms with E-state index in [1.165, 1.54) is 0 Å². The molecule has 5 heteroatoms. The Morgan fingerprint density at radius 1 is 1.29 bits per heavy atom. The lowest BCUT2D eigenvalue weighted by Gasteiger charge is -2.35. The van der Waals surface area contributed by atoms with Gasteiger partial charge in [0.2, 0.25) is 11.8 Å². The number of nitrogens with zero attached hydrogens (tertiary/aromatic N) is 1. The molecule has 0 aromatic rings. The van der Waals surface area contributed by atoms with Crippen LogP contribution in [0.2, 0.25) is 0 Å². The molecule has 1 saturated heterocycles. The third-order valence-corrected chi connectivity index (χ3v) is 4.30. The van der Waals surface area contributed by atoms with Gasteiger partial charge < -0.3 is 15.3 Å². The fourth-order valence-electron chi connectivity index (χ4n) is 3.25. The predicted octanol–water partition coefficient (Wildman–Crippen LogP) is 1.69. The maximum absolute atomic E-state index is 12.5. The summed E-state index contributed by atoms with van der Waals surface area (Å²) in [5.74, 6) is -0.129. The number of likely N-dealkylation sites (tertiary alicyclic amines) is 1. The Morgan fingerprint density at radius 3 is 2.43 bits per heavy atom. The summed E-state index contributed by atoms with van der Waals surface area (Å²) in [6.45, 7) is 5.22. The molecule has 1 atom stereocenters. The smallest absolute Gasteiger partial charge is 0.225 e.